The highest BCUT2D eigenvalue weighted by molar-refractivity contribution is 5.93. The van der Waals surface area contributed by atoms with Gasteiger partial charge >= 0.3 is 0 Å². The number of phenols is 1. The molecule has 0 bridgehead atoms. The molecule has 3 aromatic rings. The molecule has 0 radical (unpaired) electrons. The first-order chi connectivity index (χ1) is 11.1. The number of benzene rings is 2. The summed E-state index contributed by atoms with van der Waals surface area (Å²) in [5, 5.41) is 19.6. The second-order valence-corrected chi connectivity index (χ2v) is 4.65. The van der Waals surface area contributed by atoms with Crippen LogP contribution in [-0.4, -0.2) is 23.4 Å². The fourth-order valence-electron chi connectivity index (χ4n) is 2.24. The number of fused-ring (bicyclic) bond motifs is 2. The zero-order valence-electron chi connectivity index (χ0n) is 11.7. The normalized spacial score (nSPS) is 10.8. The molecule has 0 aliphatic heterocycles. The van der Waals surface area contributed by atoms with Crippen LogP contribution in [0.5, 0.6) is 11.5 Å². The lowest BCUT2D eigenvalue weighted by Gasteiger charge is -2.08. The van der Waals surface area contributed by atoms with Gasteiger partial charge in [-0.05, 0) is 12.1 Å². The molecule has 0 spiro atoms. The molecule has 0 aliphatic carbocycles. The first-order valence-electron chi connectivity index (χ1n) is 6.65. The van der Waals surface area contributed by atoms with Crippen LogP contribution in [0.2, 0.25) is 0 Å². The molecule has 0 unspecified atom stereocenters. The number of nitrogens with zero attached hydrogens (tertiary/aromatic N) is 1. The number of aromatic hydroxyl groups is 1. The van der Waals surface area contributed by atoms with Crippen LogP contribution in [0.4, 0.5) is 0 Å². The molecular weight excluding hydrogens is 306 g/mol. The Labute approximate surface area is 128 Å². The van der Waals surface area contributed by atoms with Crippen molar-refractivity contribution in [1.29, 1.82) is 0 Å². The Balaban J connectivity index is 1.99. The van der Waals surface area contributed by atoms with Crippen LogP contribution in [0.3, 0.4) is 0 Å². The van der Waals surface area contributed by atoms with Crippen molar-refractivity contribution in [3.05, 3.63) is 56.7 Å². The van der Waals surface area contributed by atoms with Crippen LogP contribution in [0.25, 0.3) is 21.9 Å². The summed E-state index contributed by atoms with van der Waals surface area (Å²) in [5.41, 5.74) is 0.208. The van der Waals surface area contributed by atoms with Gasteiger partial charge in [0.15, 0.2) is 0 Å². The van der Waals surface area contributed by atoms with Crippen molar-refractivity contribution in [3.63, 3.8) is 0 Å². The summed E-state index contributed by atoms with van der Waals surface area (Å²) in [6.45, 7) is -0.350. The minimum atomic E-state index is -0.924. The molecule has 118 valence electrons. The average molecular weight is 317 g/mol. The van der Waals surface area contributed by atoms with Gasteiger partial charge in [-0.25, -0.2) is 0 Å². The summed E-state index contributed by atoms with van der Waals surface area (Å²) in [6.07, 6.45) is 0. The summed E-state index contributed by atoms with van der Waals surface area (Å²) in [5.74, 6) is -0.0763. The van der Waals surface area contributed by atoms with Crippen LogP contribution in [0.15, 0.2) is 45.6 Å². The molecule has 0 amide bonds. The van der Waals surface area contributed by atoms with Gasteiger partial charge in [0.05, 0.1) is 5.39 Å². The number of rotatable bonds is 5. The zero-order chi connectivity index (χ0) is 16.4. The van der Waals surface area contributed by atoms with E-state index in [0.29, 0.717) is 11.0 Å². The summed E-state index contributed by atoms with van der Waals surface area (Å²) in [4.78, 5) is 26.6. The molecule has 23 heavy (non-hydrogen) atoms. The van der Waals surface area contributed by atoms with Gasteiger partial charge < -0.3 is 19.1 Å². The third kappa shape index (κ3) is 2.86. The van der Waals surface area contributed by atoms with Gasteiger partial charge in [0.2, 0.25) is 5.43 Å². The van der Waals surface area contributed by atoms with Crippen molar-refractivity contribution < 1.29 is 24.2 Å². The van der Waals surface area contributed by atoms with E-state index in [1.165, 1.54) is 12.1 Å². The Morgan fingerprint density at radius 1 is 1.17 bits per heavy atom. The lowest BCUT2D eigenvalue weighted by atomic mass is 10.1. The predicted molar refractivity (Wildman–Crippen MR) is 80.1 cm³/mol. The second-order valence-electron chi connectivity index (χ2n) is 4.65. The SMILES string of the molecule is O=c1c2ccccc2oc2cc(OCCO[N+](=O)[O-])cc(O)c12. The molecular formula is C15H11NO7. The Morgan fingerprint density at radius 3 is 2.74 bits per heavy atom. The molecule has 8 heteroatoms. The highest BCUT2D eigenvalue weighted by Crippen LogP contribution is 2.30. The summed E-state index contributed by atoms with van der Waals surface area (Å²) in [6, 6.07) is 9.38. The van der Waals surface area contributed by atoms with Crippen LogP contribution >= 0.6 is 0 Å². The lowest BCUT2D eigenvalue weighted by molar-refractivity contribution is -0.757. The van der Waals surface area contributed by atoms with Crippen LogP contribution in [-0.2, 0) is 4.84 Å². The van der Waals surface area contributed by atoms with Crippen molar-refractivity contribution in [1.82, 2.24) is 0 Å². The lowest BCUT2D eigenvalue weighted by Crippen LogP contribution is -2.10. The molecule has 0 saturated heterocycles. The van der Waals surface area contributed by atoms with Gasteiger partial charge in [-0.2, -0.15) is 0 Å². The molecule has 2 aromatic carbocycles. The fraction of sp³-hybridized carbons (Fsp3) is 0.133. The monoisotopic (exact) mass is 317 g/mol. The zero-order valence-corrected chi connectivity index (χ0v) is 11.7. The third-order valence-corrected chi connectivity index (χ3v) is 3.18. The van der Waals surface area contributed by atoms with E-state index in [-0.39, 0.29) is 41.1 Å². The molecule has 0 saturated carbocycles. The molecule has 1 N–H and O–H groups in total. The number of para-hydroxylation sites is 1. The van der Waals surface area contributed by atoms with Crippen LogP contribution in [0, 0.1) is 10.1 Å². The van der Waals surface area contributed by atoms with Gasteiger partial charge in [-0.15, -0.1) is 10.1 Å². The molecule has 8 nitrogen and oxygen atoms in total. The van der Waals surface area contributed by atoms with Gasteiger partial charge in [-0.3, -0.25) is 4.79 Å². The summed E-state index contributed by atoms with van der Waals surface area (Å²) >= 11 is 0. The van der Waals surface area contributed by atoms with E-state index < -0.39 is 5.09 Å². The largest absolute Gasteiger partial charge is 0.507 e. The van der Waals surface area contributed by atoms with Gasteiger partial charge in [-0.1, -0.05) is 12.1 Å². The Bertz CT molecular complexity index is 948. The standard InChI is InChI=1S/C15H11NO7/c17-11-7-9(21-5-6-22-16(19)20)8-13-14(11)15(18)10-3-1-2-4-12(10)23-13/h1-4,7-8,17H,5-6H2. The van der Waals surface area contributed by atoms with E-state index in [1.807, 2.05) is 0 Å². The van der Waals surface area contributed by atoms with Crippen molar-refractivity contribution in [3.8, 4) is 11.5 Å². The van der Waals surface area contributed by atoms with E-state index in [1.54, 1.807) is 24.3 Å². The van der Waals surface area contributed by atoms with Gasteiger partial charge in [0, 0.05) is 12.1 Å². The number of hydrogen-bond acceptors (Lipinski definition) is 7. The minimum Gasteiger partial charge on any atom is -0.507 e. The second kappa shape index (κ2) is 5.84. The van der Waals surface area contributed by atoms with Crippen molar-refractivity contribution in [2.75, 3.05) is 13.2 Å². The topological polar surface area (TPSA) is 112 Å². The van der Waals surface area contributed by atoms with Gasteiger partial charge in [0.25, 0.3) is 5.09 Å². The molecule has 0 atom stereocenters. The van der Waals surface area contributed by atoms with E-state index in [4.69, 9.17) is 9.15 Å². The highest BCUT2D eigenvalue weighted by atomic mass is 17.0. The number of hydrogen-bond donors (Lipinski definition) is 1. The van der Waals surface area contributed by atoms with Crippen LogP contribution < -0.4 is 10.2 Å². The van der Waals surface area contributed by atoms with Crippen LogP contribution in [0.1, 0.15) is 0 Å². The third-order valence-electron chi connectivity index (χ3n) is 3.18. The molecule has 1 aromatic heterocycles. The Kier molecular flexibility index (Phi) is 3.71. The average Bonchev–Trinajstić information content (AvgIpc) is 2.51. The number of ether oxygens (including phenoxy) is 1. The maximum absolute atomic E-state index is 12.4. The maximum atomic E-state index is 12.4. The quantitative estimate of drug-likeness (QED) is 0.332. The van der Waals surface area contributed by atoms with E-state index in [0.717, 1.165) is 0 Å². The smallest absolute Gasteiger partial charge is 0.294 e. The van der Waals surface area contributed by atoms with Crippen molar-refractivity contribution in [2.45, 2.75) is 0 Å². The highest BCUT2D eigenvalue weighted by Gasteiger charge is 2.13. The first-order valence-corrected chi connectivity index (χ1v) is 6.65. The summed E-state index contributed by atoms with van der Waals surface area (Å²) in [7, 11) is 0. The van der Waals surface area contributed by atoms with Crippen molar-refractivity contribution in [2.24, 2.45) is 0 Å². The summed E-state index contributed by atoms with van der Waals surface area (Å²) < 4.78 is 10.9. The molecule has 3 rings (SSSR count). The van der Waals surface area contributed by atoms with E-state index in [2.05, 4.69) is 4.84 Å². The van der Waals surface area contributed by atoms with E-state index in [9.17, 15) is 20.0 Å². The van der Waals surface area contributed by atoms with Crippen molar-refractivity contribution >= 4 is 21.9 Å². The first kappa shape index (κ1) is 14.6. The Hall–Kier alpha value is -3.29. The Morgan fingerprint density at radius 2 is 1.96 bits per heavy atom. The molecule has 0 fully saturated rings. The molecule has 0 aliphatic rings. The predicted octanol–water partition coefficient (Wildman–Crippen LogP) is 2.24. The maximum Gasteiger partial charge on any atom is 0.294 e. The fourth-order valence-corrected chi connectivity index (χ4v) is 2.24. The molecule has 1 heterocycles. The number of phenolic OH excluding ortho intramolecular Hbond substituents is 1. The minimum absolute atomic E-state index is 0.0533. The van der Waals surface area contributed by atoms with Gasteiger partial charge in [0.1, 0.15) is 41.3 Å². The van der Waals surface area contributed by atoms with E-state index >= 15 is 0 Å².